The fourth-order valence-corrected chi connectivity index (χ4v) is 1.61. The van der Waals surface area contributed by atoms with Gasteiger partial charge in [-0.15, -0.1) is 0 Å². The van der Waals surface area contributed by atoms with Gasteiger partial charge in [0.1, 0.15) is 13.2 Å². The molecule has 0 aliphatic heterocycles. The highest BCUT2D eigenvalue weighted by atomic mass is 16.5. The van der Waals surface area contributed by atoms with Gasteiger partial charge in [-0.1, -0.05) is 32.1 Å². The van der Waals surface area contributed by atoms with Crippen molar-refractivity contribution in [3.05, 3.63) is 0 Å². The highest BCUT2D eigenvalue weighted by molar-refractivity contribution is 5.68. The van der Waals surface area contributed by atoms with Crippen LogP contribution in [0, 0.1) is 0 Å². The smallest absolute Gasteiger partial charge is 0.329 e. The molecule has 0 aromatic rings. The average molecular weight is 276 g/mol. The second-order valence-electron chi connectivity index (χ2n) is 4.37. The lowest BCUT2D eigenvalue weighted by Gasteiger charge is -2.03. The fourth-order valence-electron chi connectivity index (χ4n) is 1.61. The van der Waals surface area contributed by atoms with Crippen LogP contribution in [0.5, 0.6) is 0 Å². The molecule has 0 fully saturated rings. The Morgan fingerprint density at radius 3 is 1.26 bits per heavy atom. The zero-order valence-electron chi connectivity index (χ0n) is 11.3. The van der Waals surface area contributed by atoms with Crippen molar-refractivity contribution in [3.8, 4) is 0 Å². The Kier molecular flexibility index (Phi) is 12.5. The monoisotopic (exact) mass is 276 g/mol. The van der Waals surface area contributed by atoms with Crippen LogP contribution in [-0.4, -0.2) is 48.6 Å². The van der Waals surface area contributed by atoms with Crippen LogP contribution in [0.3, 0.4) is 0 Å². The van der Waals surface area contributed by atoms with Gasteiger partial charge in [-0.05, 0) is 12.8 Å². The second kappa shape index (κ2) is 13.3. The summed E-state index contributed by atoms with van der Waals surface area (Å²) in [7, 11) is 0. The Bertz CT molecular complexity index is 217. The largest absolute Gasteiger partial charge is 0.480 e. The summed E-state index contributed by atoms with van der Waals surface area (Å²) in [6.45, 7) is 0.595. The first-order valence-electron chi connectivity index (χ1n) is 6.72. The lowest BCUT2D eigenvalue weighted by Crippen LogP contribution is -2.07. The van der Waals surface area contributed by atoms with E-state index in [-0.39, 0.29) is 13.2 Å². The molecule has 19 heavy (non-hydrogen) atoms. The molecule has 0 aliphatic carbocycles. The van der Waals surface area contributed by atoms with Crippen LogP contribution in [0.1, 0.15) is 44.9 Å². The summed E-state index contributed by atoms with van der Waals surface area (Å²) in [6, 6.07) is 0. The lowest BCUT2D eigenvalue weighted by molar-refractivity contribution is -0.143. The molecular weight excluding hydrogens is 252 g/mol. The maximum atomic E-state index is 10.2. The molecule has 0 radical (unpaired) electrons. The summed E-state index contributed by atoms with van der Waals surface area (Å²) in [5.41, 5.74) is 0. The highest BCUT2D eigenvalue weighted by Gasteiger charge is 1.97. The summed E-state index contributed by atoms with van der Waals surface area (Å²) >= 11 is 0. The van der Waals surface area contributed by atoms with Crippen molar-refractivity contribution in [1.82, 2.24) is 0 Å². The maximum absolute atomic E-state index is 10.2. The molecule has 0 aromatic carbocycles. The molecule has 0 spiro atoms. The number of carboxylic acid groups (broad SMARTS) is 2. The predicted octanol–water partition coefficient (Wildman–Crippen LogP) is 1.92. The van der Waals surface area contributed by atoms with Crippen LogP contribution in [0.2, 0.25) is 0 Å². The summed E-state index contributed by atoms with van der Waals surface area (Å²) in [5, 5.41) is 16.7. The van der Waals surface area contributed by atoms with Gasteiger partial charge < -0.3 is 19.7 Å². The van der Waals surface area contributed by atoms with E-state index in [2.05, 4.69) is 0 Å². The first-order chi connectivity index (χ1) is 9.13. The molecule has 0 unspecified atom stereocenters. The zero-order chi connectivity index (χ0) is 14.3. The summed E-state index contributed by atoms with van der Waals surface area (Å²) < 4.78 is 9.84. The van der Waals surface area contributed by atoms with Gasteiger partial charge in [0.25, 0.3) is 0 Å². The second-order valence-corrected chi connectivity index (χ2v) is 4.37. The number of rotatable bonds is 14. The fraction of sp³-hybridized carbons (Fsp3) is 0.846. The minimum atomic E-state index is -0.926. The number of hydrogen-bond acceptors (Lipinski definition) is 4. The molecule has 0 heterocycles. The minimum absolute atomic E-state index is 0.212. The van der Waals surface area contributed by atoms with Gasteiger partial charge in [-0.2, -0.15) is 0 Å². The van der Waals surface area contributed by atoms with E-state index in [1.165, 1.54) is 0 Å². The van der Waals surface area contributed by atoms with Crippen LogP contribution in [0.4, 0.5) is 0 Å². The molecule has 0 atom stereocenters. The Morgan fingerprint density at radius 2 is 0.947 bits per heavy atom. The minimum Gasteiger partial charge on any atom is -0.480 e. The normalized spacial score (nSPS) is 10.5. The number of ether oxygens (including phenoxy) is 2. The topological polar surface area (TPSA) is 93.1 Å². The van der Waals surface area contributed by atoms with E-state index < -0.39 is 11.9 Å². The highest BCUT2D eigenvalue weighted by Crippen LogP contribution is 2.07. The molecule has 112 valence electrons. The van der Waals surface area contributed by atoms with Gasteiger partial charge in [-0.25, -0.2) is 9.59 Å². The van der Waals surface area contributed by atoms with Crippen LogP contribution >= 0.6 is 0 Å². The standard InChI is InChI=1S/C13H24O6/c14-12(15)10-18-8-6-4-2-1-3-5-7-9-19-11-13(16)17/h1-11H2,(H,14,15)(H,16,17). The molecule has 0 saturated carbocycles. The van der Waals surface area contributed by atoms with Crippen LogP contribution in [-0.2, 0) is 19.1 Å². The van der Waals surface area contributed by atoms with E-state index in [0.29, 0.717) is 13.2 Å². The van der Waals surface area contributed by atoms with E-state index in [1.54, 1.807) is 0 Å². The van der Waals surface area contributed by atoms with Crippen molar-refractivity contribution >= 4 is 11.9 Å². The number of carboxylic acids is 2. The van der Waals surface area contributed by atoms with Gasteiger partial charge in [-0.3, -0.25) is 0 Å². The van der Waals surface area contributed by atoms with Crippen molar-refractivity contribution < 1.29 is 29.3 Å². The molecule has 2 N–H and O–H groups in total. The van der Waals surface area contributed by atoms with Crippen molar-refractivity contribution in [2.75, 3.05) is 26.4 Å². The van der Waals surface area contributed by atoms with E-state index in [0.717, 1.165) is 44.9 Å². The lowest BCUT2D eigenvalue weighted by atomic mass is 10.1. The first kappa shape index (κ1) is 17.9. The van der Waals surface area contributed by atoms with Crippen molar-refractivity contribution in [2.45, 2.75) is 44.9 Å². The third-order valence-corrected chi connectivity index (χ3v) is 2.53. The average Bonchev–Trinajstić information content (AvgIpc) is 2.34. The predicted molar refractivity (Wildman–Crippen MR) is 69.2 cm³/mol. The number of hydrogen-bond donors (Lipinski definition) is 2. The SMILES string of the molecule is O=C(O)COCCCCCCCCCOCC(=O)O. The van der Waals surface area contributed by atoms with E-state index >= 15 is 0 Å². The van der Waals surface area contributed by atoms with Crippen molar-refractivity contribution in [2.24, 2.45) is 0 Å². The quantitative estimate of drug-likeness (QED) is 0.471. The third-order valence-electron chi connectivity index (χ3n) is 2.53. The molecular formula is C13H24O6. The number of unbranched alkanes of at least 4 members (excludes halogenated alkanes) is 6. The molecule has 0 amide bonds. The summed E-state index contributed by atoms with van der Waals surface area (Å²) in [6.07, 6.45) is 7.27. The van der Waals surface area contributed by atoms with Crippen molar-refractivity contribution in [1.29, 1.82) is 0 Å². The molecule has 0 bridgehead atoms. The van der Waals surface area contributed by atoms with Gasteiger partial charge in [0, 0.05) is 13.2 Å². The Balaban J connectivity index is 2.99. The first-order valence-corrected chi connectivity index (χ1v) is 6.72. The Hall–Kier alpha value is -1.14. The van der Waals surface area contributed by atoms with Crippen LogP contribution < -0.4 is 0 Å². The molecule has 6 heteroatoms. The van der Waals surface area contributed by atoms with Gasteiger partial charge in [0.2, 0.25) is 0 Å². The summed E-state index contributed by atoms with van der Waals surface area (Å²) in [4.78, 5) is 20.3. The Morgan fingerprint density at radius 1 is 0.632 bits per heavy atom. The van der Waals surface area contributed by atoms with Gasteiger partial charge in [0.15, 0.2) is 0 Å². The molecule has 0 saturated heterocycles. The van der Waals surface area contributed by atoms with Gasteiger partial charge in [0.05, 0.1) is 0 Å². The third kappa shape index (κ3) is 16.9. The molecule has 0 rings (SSSR count). The number of carbonyl (C=O) groups is 2. The van der Waals surface area contributed by atoms with E-state index in [4.69, 9.17) is 19.7 Å². The zero-order valence-corrected chi connectivity index (χ0v) is 11.3. The van der Waals surface area contributed by atoms with E-state index in [9.17, 15) is 9.59 Å². The van der Waals surface area contributed by atoms with Crippen molar-refractivity contribution in [3.63, 3.8) is 0 Å². The summed E-state index contributed by atoms with van der Waals surface area (Å²) in [5.74, 6) is -1.85. The molecule has 0 aliphatic rings. The maximum Gasteiger partial charge on any atom is 0.329 e. The molecule has 0 aromatic heterocycles. The van der Waals surface area contributed by atoms with Gasteiger partial charge >= 0.3 is 11.9 Å². The van der Waals surface area contributed by atoms with Crippen LogP contribution in [0.15, 0.2) is 0 Å². The number of aliphatic carboxylic acids is 2. The molecule has 6 nitrogen and oxygen atoms in total. The Labute approximate surface area is 113 Å². The van der Waals surface area contributed by atoms with Crippen LogP contribution in [0.25, 0.3) is 0 Å². The van der Waals surface area contributed by atoms with E-state index in [1.807, 2.05) is 0 Å².